The molecule has 4 nitrogen and oxygen atoms in total. The molecule has 6 heteroatoms. The molecule has 1 aromatic heterocycles. The lowest BCUT2D eigenvalue weighted by atomic mass is 9.82. The molecule has 0 aliphatic rings. The number of hydrogen-bond acceptors (Lipinski definition) is 5. The van der Waals surface area contributed by atoms with Crippen molar-refractivity contribution in [2.24, 2.45) is 0 Å². The third-order valence-electron chi connectivity index (χ3n) is 2.93. The summed E-state index contributed by atoms with van der Waals surface area (Å²) in [4.78, 5) is 0. The zero-order chi connectivity index (χ0) is 13.3. The lowest BCUT2D eigenvalue weighted by Crippen LogP contribution is -2.52. The Hall–Kier alpha value is -0.555. The topological polar surface area (TPSA) is 58.9 Å². The molecule has 1 heterocycles. The molecule has 96 valence electrons. The van der Waals surface area contributed by atoms with Crippen LogP contribution in [0.1, 0.15) is 27.7 Å². The smallest absolute Gasteiger partial charge is 0.487 e. The molecule has 0 atom stereocenters. The van der Waals surface area contributed by atoms with Crippen LogP contribution in [0.25, 0.3) is 0 Å². The van der Waals surface area contributed by atoms with Crippen LogP contribution in [-0.2, 0) is 4.65 Å². The lowest BCUT2D eigenvalue weighted by Gasteiger charge is -2.38. The Kier molecular flexibility index (Phi) is 4.25. The average molecular weight is 258 g/mol. The minimum Gasteiger partial charge on any atom is -0.487 e. The largest absolute Gasteiger partial charge is 0.502 e. The Morgan fingerprint density at radius 3 is 2.24 bits per heavy atom. The molecule has 0 unspecified atom stereocenters. The van der Waals surface area contributed by atoms with Crippen LogP contribution in [0, 0.1) is 0 Å². The highest BCUT2D eigenvalue weighted by Gasteiger charge is 2.39. The SMILES string of the molecule is COc1ccc(B(O)OC(C)(C)C(C)(C)O)s1. The molecule has 0 fully saturated rings. The van der Waals surface area contributed by atoms with E-state index in [2.05, 4.69) is 0 Å². The summed E-state index contributed by atoms with van der Waals surface area (Å²) < 4.78 is 11.2. The molecular formula is C11H19BO4S. The van der Waals surface area contributed by atoms with Gasteiger partial charge in [-0.15, -0.1) is 11.3 Å². The quantitative estimate of drug-likeness (QED) is 0.774. The molecule has 0 aliphatic carbocycles. The molecule has 0 saturated heterocycles. The highest BCUT2D eigenvalue weighted by molar-refractivity contribution is 7.23. The molecule has 0 aliphatic heterocycles. The van der Waals surface area contributed by atoms with Crippen LogP contribution in [0.2, 0.25) is 0 Å². The summed E-state index contributed by atoms with van der Waals surface area (Å²) in [6.07, 6.45) is 0. The fourth-order valence-electron chi connectivity index (χ4n) is 1.06. The van der Waals surface area contributed by atoms with Crippen LogP contribution in [0.5, 0.6) is 5.06 Å². The molecule has 0 radical (unpaired) electrons. The minimum atomic E-state index is -1.06. The molecule has 1 aromatic rings. The highest BCUT2D eigenvalue weighted by Crippen LogP contribution is 2.26. The number of methoxy groups -OCH3 is 1. The van der Waals surface area contributed by atoms with E-state index in [1.807, 2.05) is 0 Å². The van der Waals surface area contributed by atoms with Gasteiger partial charge in [-0.1, -0.05) is 0 Å². The number of ether oxygens (including phenoxy) is 1. The van der Waals surface area contributed by atoms with Crippen molar-refractivity contribution in [2.45, 2.75) is 38.9 Å². The van der Waals surface area contributed by atoms with Gasteiger partial charge in [-0.25, -0.2) is 0 Å². The number of hydrogen-bond donors (Lipinski definition) is 2. The highest BCUT2D eigenvalue weighted by atomic mass is 32.1. The average Bonchev–Trinajstić information content (AvgIpc) is 2.63. The van der Waals surface area contributed by atoms with Crippen molar-refractivity contribution in [1.82, 2.24) is 0 Å². The van der Waals surface area contributed by atoms with Gasteiger partial charge < -0.3 is 19.5 Å². The predicted octanol–water partition coefficient (Wildman–Crippen LogP) is 1.01. The van der Waals surface area contributed by atoms with E-state index in [0.717, 1.165) is 0 Å². The first-order chi connectivity index (χ1) is 7.67. The number of thiophene rings is 1. The van der Waals surface area contributed by atoms with Crippen molar-refractivity contribution in [3.05, 3.63) is 12.1 Å². The Labute approximate surface area is 106 Å². The number of aliphatic hydroxyl groups is 1. The van der Waals surface area contributed by atoms with Gasteiger partial charge in [0.2, 0.25) is 0 Å². The number of rotatable bonds is 5. The van der Waals surface area contributed by atoms with Gasteiger partial charge in [-0.05, 0) is 39.8 Å². The maximum atomic E-state index is 9.95. The molecule has 2 N–H and O–H groups in total. The second kappa shape index (κ2) is 4.98. The minimum absolute atomic E-state index is 0.652. The molecule has 0 amide bonds. The van der Waals surface area contributed by atoms with Crippen LogP contribution < -0.4 is 9.51 Å². The normalized spacial score (nSPS) is 12.6. The van der Waals surface area contributed by atoms with E-state index in [1.54, 1.807) is 46.9 Å². The van der Waals surface area contributed by atoms with Crippen LogP contribution in [0.15, 0.2) is 12.1 Å². The van der Waals surface area contributed by atoms with E-state index >= 15 is 0 Å². The summed E-state index contributed by atoms with van der Waals surface area (Å²) in [6.45, 7) is 6.77. The van der Waals surface area contributed by atoms with Gasteiger partial charge in [0.25, 0.3) is 0 Å². The van der Waals surface area contributed by atoms with Crippen molar-refractivity contribution < 1.29 is 19.5 Å². The van der Waals surface area contributed by atoms with Gasteiger partial charge in [0, 0.05) is 4.78 Å². The van der Waals surface area contributed by atoms with Crippen LogP contribution >= 0.6 is 11.3 Å². The van der Waals surface area contributed by atoms with Crippen LogP contribution in [0.3, 0.4) is 0 Å². The molecule has 1 rings (SSSR count). The van der Waals surface area contributed by atoms with Gasteiger partial charge in [0.15, 0.2) is 5.06 Å². The summed E-state index contributed by atoms with van der Waals surface area (Å²) in [6, 6.07) is 3.51. The fraction of sp³-hybridized carbons (Fsp3) is 0.636. The monoisotopic (exact) mass is 258 g/mol. The van der Waals surface area contributed by atoms with E-state index in [1.165, 1.54) is 11.3 Å². The first-order valence-electron chi connectivity index (χ1n) is 5.39. The zero-order valence-electron chi connectivity index (χ0n) is 10.9. The third-order valence-corrected chi connectivity index (χ3v) is 4.00. The first-order valence-corrected chi connectivity index (χ1v) is 6.21. The maximum Gasteiger partial charge on any atom is 0.502 e. The van der Waals surface area contributed by atoms with E-state index in [9.17, 15) is 10.1 Å². The first kappa shape index (κ1) is 14.5. The van der Waals surface area contributed by atoms with E-state index in [4.69, 9.17) is 9.39 Å². The third kappa shape index (κ3) is 3.45. The Bertz CT molecular complexity index is 370. The van der Waals surface area contributed by atoms with Crippen molar-refractivity contribution in [1.29, 1.82) is 0 Å². The van der Waals surface area contributed by atoms with Gasteiger partial charge in [0.1, 0.15) is 0 Å². The molecule has 0 bridgehead atoms. The summed E-state index contributed by atoms with van der Waals surface area (Å²) in [5, 5.41) is 20.6. The molecule has 0 spiro atoms. The van der Waals surface area contributed by atoms with E-state index < -0.39 is 18.3 Å². The summed E-state index contributed by atoms with van der Waals surface area (Å²) in [5.41, 5.74) is -1.90. The van der Waals surface area contributed by atoms with E-state index in [-0.39, 0.29) is 0 Å². The van der Waals surface area contributed by atoms with Crippen LogP contribution in [0.4, 0.5) is 0 Å². The van der Waals surface area contributed by atoms with Gasteiger partial charge in [-0.2, -0.15) is 0 Å². The standard InChI is InChI=1S/C11H19BO4S/c1-10(2,13)11(3,4)16-12(14)8-6-7-9(15-5)17-8/h6-7,13-14H,1-5H3. The second-order valence-electron chi connectivity index (χ2n) is 4.90. The predicted molar refractivity (Wildman–Crippen MR) is 69.9 cm³/mol. The maximum absolute atomic E-state index is 9.95. The Morgan fingerprint density at radius 1 is 1.24 bits per heavy atom. The second-order valence-corrected chi connectivity index (χ2v) is 5.98. The lowest BCUT2D eigenvalue weighted by molar-refractivity contribution is -0.0981. The van der Waals surface area contributed by atoms with Crippen molar-refractivity contribution >= 4 is 23.2 Å². The Morgan fingerprint density at radius 2 is 1.82 bits per heavy atom. The van der Waals surface area contributed by atoms with Gasteiger partial charge >= 0.3 is 7.12 Å². The zero-order valence-corrected chi connectivity index (χ0v) is 11.7. The van der Waals surface area contributed by atoms with Crippen molar-refractivity contribution in [2.75, 3.05) is 7.11 Å². The van der Waals surface area contributed by atoms with Crippen LogP contribution in [-0.4, -0.2) is 35.6 Å². The van der Waals surface area contributed by atoms with Gasteiger partial charge in [0.05, 0.1) is 18.3 Å². The molecule has 0 aromatic carbocycles. The van der Waals surface area contributed by atoms with E-state index in [0.29, 0.717) is 9.84 Å². The van der Waals surface area contributed by atoms with Crippen molar-refractivity contribution in [3.8, 4) is 5.06 Å². The molecule has 17 heavy (non-hydrogen) atoms. The fourth-order valence-corrected chi connectivity index (χ4v) is 1.79. The molecule has 0 saturated carbocycles. The summed E-state index contributed by atoms with van der Waals surface area (Å²) in [5.74, 6) is 0. The summed E-state index contributed by atoms with van der Waals surface area (Å²) >= 11 is 1.31. The molecular weight excluding hydrogens is 239 g/mol. The van der Waals surface area contributed by atoms with Gasteiger partial charge in [-0.3, -0.25) is 0 Å². The Balaban J connectivity index is 2.75. The summed E-state index contributed by atoms with van der Waals surface area (Å²) in [7, 11) is 0.509. The van der Waals surface area contributed by atoms with Crippen molar-refractivity contribution in [3.63, 3.8) is 0 Å².